The number of hydrogen-bond acceptors (Lipinski definition) is 6. The number of fused-ring (bicyclic) bond motifs is 1. The Bertz CT molecular complexity index is 1280. The molecule has 8 nitrogen and oxygen atoms in total. The predicted octanol–water partition coefficient (Wildman–Crippen LogP) is 2.57. The first-order valence-corrected chi connectivity index (χ1v) is 9.64. The Balaban J connectivity index is 1.90. The van der Waals surface area contributed by atoms with Crippen molar-refractivity contribution in [1.82, 2.24) is 29.8 Å². The smallest absolute Gasteiger partial charge is 0.278 e. The number of aromatic nitrogens is 6. The van der Waals surface area contributed by atoms with Crippen LogP contribution in [0.3, 0.4) is 0 Å². The predicted molar refractivity (Wildman–Crippen MR) is 106 cm³/mol. The van der Waals surface area contributed by atoms with Crippen molar-refractivity contribution < 1.29 is 13.9 Å². The molecule has 4 rings (SSSR count). The van der Waals surface area contributed by atoms with Crippen LogP contribution in [0.5, 0.6) is 0 Å². The fourth-order valence-corrected chi connectivity index (χ4v) is 3.79. The summed E-state index contributed by atoms with van der Waals surface area (Å²) >= 11 is 3.32. The molecular weight excluding hydrogens is 462 g/mol. The van der Waals surface area contributed by atoms with E-state index in [1.165, 1.54) is 24.3 Å². The summed E-state index contributed by atoms with van der Waals surface area (Å²) in [5.41, 5.74) is -2.40. The van der Waals surface area contributed by atoms with Crippen molar-refractivity contribution in [3.8, 4) is 0 Å². The molecule has 0 fully saturated rings. The fraction of sp³-hybridized carbons (Fsp3) is 0.211. The lowest BCUT2D eigenvalue weighted by atomic mass is 9.86. The molecule has 2 aromatic heterocycles. The van der Waals surface area contributed by atoms with Crippen LogP contribution in [-0.4, -0.2) is 34.9 Å². The zero-order valence-corrected chi connectivity index (χ0v) is 17.2. The largest absolute Gasteiger partial charge is 0.381 e. The highest BCUT2D eigenvalue weighted by molar-refractivity contribution is 9.10. The number of hydrogen-bond donors (Lipinski definition) is 1. The Labute approximate surface area is 176 Å². The van der Waals surface area contributed by atoms with E-state index in [2.05, 4.69) is 36.3 Å². The first-order valence-electron chi connectivity index (χ1n) is 8.85. The minimum atomic E-state index is -2.02. The average Bonchev–Trinajstić information content (AvgIpc) is 3.21. The van der Waals surface area contributed by atoms with Gasteiger partial charge < -0.3 is 5.11 Å². The Morgan fingerprint density at radius 2 is 2.07 bits per heavy atom. The van der Waals surface area contributed by atoms with Gasteiger partial charge in [-0.2, -0.15) is 5.10 Å². The highest BCUT2D eigenvalue weighted by Crippen LogP contribution is 2.36. The molecule has 154 valence electrons. The maximum absolute atomic E-state index is 14.7. The van der Waals surface area contributed by atoms with Crippen LogP contribution < -0.4 is 5.56 Å². The molecule has 1 N–H and O–H groups in total. The fourth-order valence-electron chi connectivity index (χ4n) is 3.35. The zero-order valence-electron chi connectivity index (χ0n) is 15.6. The summed E-state index contributed by atoms with van der Waals surface area (Å²) in [5, 5.41) is 23.9. The molecular formula is C19H15BrF2N6O2. The summed E-state index contributed by atoms with van der Waals surface area (Å²) < 4.78 is 31.0. The molecule has 0 radical (unpaired) electrons. The van der Waals surface area contributed by atoms with Gasteiger partial charge in [0.2, 0.25) is 0 Å². The monoisotopic (exact) mass is 476 g/mol. The number of aliphatic hydroxyl groups is 1. The molecule has 0 spiro atoms. The molecule has 0 saturated heterocycles. The van der Waals surface area contributed by atoms with Crippen molar-refractivity contribution in [2.24, 2.45) is 0 Å². The second kappa shape index (κ2) is 7.65. The molecule has 0 aliphatic heterocycles. The average molecular weight is 477 g/mol. The van der Waals surface area contributed by atoms with E-state index in [1.807, 2.05) is 0 Å². The van der Waals surface area contributed by atoms with Gasteiger partial charge in [-0.3, -0.25) is 4.79 Å². The van der Waals surface area contributed by atoms with Gasteiger partial charge >= 0.3 is 0 Å². The molecule has 0 saturated carbocycles. The maximum Gasteiger partial charge on any atom is 0.278 e. The normalized spacial score (nSPS) is 14.6. The van der Waals surface area contributed by atoms with Crippen molar-refractivity contribution in [2.45, 2.75) is 25.1 Å². The van der Waals surface area contributed by atoms with Gasteiger partial charge in [-0.15, -0.1) is 5.10 Å². The SMILES string of the molecule is C[C@@H](n1nnc2c(Br)cccc2c1=O)[C@](O)(Cn1cncn1)c1ccc(F)cc1F. The minimum absolute atomic E-state index is 0.213. The van der Waals surface area contributed by atoms with Crippen LogP contribution in [0.2, 0.25) is 0 Å². The van der Waals surface area contributed by atoms with Gasteiger partial charge in [0.1, 0.15) is 35.4 Å². The highest BCUT2D eigenvalue weighted by atomic mass is 79.9. The molecule has 4 aromatic rings. The third kappa shape index (κ3) is 3.39. The van der Waals surface area contributed by atoms with Gasteiger partial charge in [-0.25, -0.2) is 23.1 Å². The lowest BCUT2D eigenvalue weighted by Crippen LogP contribution is -2.44. The molecule has 0 amide bonds. The molecule has 0 aliphatic rings. The van der Waals surface area contributed by atoms with Gasteiger partial charge in [0, 0.05) is 16.1 Å². The van der Waals surface area contributed by atoms with Crippen LogP contribution in [0.4, 0.5) is 8.78 Å². The van der Waals surface area contributed by atoms with Crippen LogP contribution in [-0.2, 0) is 12.1 Å². The third-order valence-corrected chi connectivity index (χ3v) is 5.63. The van der Waals surface area contributed by atoms with Gasteiger partial charge in [0.15, 0.2) is 0 Å². The van der Waals surface area contributed by atoms with Crippen molar-refractivity contribution in [2.75, 3.05) is 0 Å². The molecule has 0 unspecified atom stereocenters. The third-order valence-electron chi connectivity index (χ3n) is 4.99. The van der Waals surface area contributed by atoms with Crippen LogP contribution >= 0.6 is 15.9 Å². The van der Waals surface area contributed by atoms with E-state index >= 15 is 0 Å². The van der Waals surface area contributed by atoms with Gasteiger partial charge in [-0.05, 0) is 41.1 Å². The Hall–Kier alpha value is -3.05. The van der Waals surface area contributed by atoms with E-state index in [0.717, 1.165) is 16.8 Å². The summed E-state index contributed by atoms with van der Waals surface area (Å²) in [5.74, 6) is -1.76. The molecule has 30 heavy (non-hydrogen) atoms. The summed E-state index contributed by atoms with van der Waals surface area (Å²) in [4.78, 5) is 16.9. The Morgan fingerprint density at radius 1 is 1.27 bits per heavy atom. The topological polar surface area (TPSA) is 98.7 Å². The van der Waals surface area contributed by atoms with E-state index < -0.39 is 28.8 Å². The first kappa shape index (κ1) is 20.2. The molecule has 0 aliphatic carbocycles. The van der Waals surface area contributed by atoms with Gasteiger partial charge in [0.25, 0.3) is 5.56 Å². The summed E-state index contributed by atoms with van der Waals surface area (Å²) in [6.07, 6.45) is 2.59. The molecule has 2 heterocycles. The van der Waals surface area contributed by atoms with Crippen LogP contribution in [0, 0.1) is 11.6 Å². The molecule has 2 aromatic carbocycles. The van der Waals surface area contributed by atoms with Gasteiger partial charge in [0.05, 0.1) is 18.0 Å². The van der Waals surface area contributed by atoms with E-state index in [0.29, 0.717) is 16.1 Å². The molecule has 2 atom stereocenters. The van der Waals surface area contributed by atoms with E-state index in [-0.39, 0.29) is 17.5 Å². The lowest BCUT2D eigenvalue weighted by molar-refractivity contribution is -0.0390. The highest BCUT2D eigenvalue weighted by Gasteiger charge is 2.41. The number of nitrogens with zero attached hydrogens (tertiary/aromatic N) is 6. The summed E-state index contributed by atoms with van der Waals surface area (Å²) in [7, 11) is 0. The van der Waals surface area contributed by atoms with E-state index in [1.54, 1.807) is 18.2 Å². The molecule has 0 bridgehead atoms. The second-order valence-electron chi connectivity index (χ2n) is 6.79. The number of halogens is 3. The van der Waals surface area contributed by atoms with E-state index in [9.17, 15) is 18.7 Å². The quantitative estimate of drug-likeness (QED) is 0.475. The first-order chi connectivity index (χ1) is 14.3. The summed E-state index contributed by atoms with van der Waals surface area (Å²) in [6.45, 7) is 1.24. The Kier molecular flexibility index (Phi) is 5.16. The maximum atomic E-state index is 14.7. The minimum Gasteiger partial charge on any atom is -0.381 e. The second-order valence-corrected chi connectivity index (χ2v) is 7.65. The summed E-state index contributed by atoms with van der Waals surface area (Å²) in [6, 6.07) is 6.71. The van der Waals surface area contributed by atoms with Crippen LogP contribution in [0.25, 0.3) is 10.9 Å². The van der Waals surface area contributed by atoms with Crippen molar-refractivity contribution in [3.63, 3.8) is 0 Å². The lowest BCUT2D eigenvalue weighted by Gasteiger charge is -2.34. The van der Waals surface area contributed by atoms with Crippen molar-refractivity contribution in [1.29, 1.82) is 0 Å². The van der Waals surface area contributed by atoms with Gasteiger partial charge in [-0.1, -0.05) is 17.3 Å². The Morgan fingerprint density at radius 3 is 2.77 bits per heavy atom. The number of rotatable bonds is 5. The zero-order chi connectivity index (χ0) is 21.5. The number of benzene rings is 2. The van der Waals surface area contributed by atoms with E-state index in [4.69, 9.17) is 0 Å². The van der Waals surface area contributed by atoms with Crippen molar-refractivity contribution in [3.05, 3.63) is 81.1 Å². The van der Waals surface area contributed by atoms with Crippen LogP contribution in [0.15, 0.2) is 58.3 Å². The molecule has 11 heteroatoms. The van der Waals surface area contributed by atoms with Crippen molar-refractivity contribution >= 4 is 26.8 Å². The standard InChI is InChI=1S/C19H15BrF2N6O2/c1-11(28-18(29)13-3-2-4-15(20)17(13)25-26-28)19(30,8-27-10-23-9-24-27)14-6-5-12(21)7-16(14)22/h2-7,9-11,30H,8H2,1H3/t11-,19-/m1/s1. The van der Waals surface area contributed by atoms with Crippen LogP contribution in [0.1, 0.15) is 18.5 Å².